The molecule has 2 rings (SSSR count). The van der Waals surface area contributed by atoms with Crippen LogP contribution in [-0.2, 0) is 6.42 Å². The van der Waals surface area contributed by atoms with E-state index in [2.05, 4.69) is 15.9 Å². The first kappa shape index (κ1) is 13.5. The summed E-state index contributed by atoms with van der Waals surface area (Å²) in [7, 11) is 0. The van der Waals surface area contributed by atoms with E-state index in [0.717, 1.165) is 15.6 Å². The highest BCUT2D eigenvalue weighted by atomic mass is 79.9. The Labute approximate surface area is 119 Å². The molecule has 0 aromatic heterocycles. The minimum atomic E-state index is -0.296. The maximum Gasteiger partial charge on any atom is 0.123 e. The van der Waals surface area contributed by atoms with Crippen LogP contribution in [0.25, 0.3) is 0 Å². The molecule has 94 valence electrons. The molecule has 0 amide bonds. The normalized spacial score (nSPS) is 12.4. The van der Waals surface area contributed by atoms with Crippen molar-refractivity contribution in [2.75, 3.05) is 0 Å². The Hall–Kier alpha value is -0.900. The van der Waals surface area contributed by atoms with Gasteiger partial charge < -0.3 is 5.73 Å². The molecule has 1 nitrogen and oxygen atoms in total. The molecule has 0 radical (unpaired) electrons. The van der Waals surface area contributed by atoms with Gasteiger partial charge in [-0.1, -0.05) is 39.7 Å². The molecule has 0 aliphatic heterocycles. The van der Waals surface area contributed by atoms with Crippen molar-refractivity contribution in [2.24, 2.45) is 5.73 Å². The van der Waals surface area contributed by atoms with Gasteiger partial charge in [0.2, 0.25) is 0 Å². The fourth-order valence-corrected chi connectivity index (χ4v) is 2.40. The zero-order valence-corrected chi connectivity index (χ0v) is 11.9. The van der Waals surface area contributed by atoms with Crippen LogP contribution >= 0.6 is 27.5 Å². The van der Waals surface area contributed by atoms with Gasteiger partial charge in [-0.25, -0.2) is 4.39 Å². The second-order valence-electron chi connectivity index (χ2n) is 4.10. The Balaban J connectivity index is 2.21. The van der Waals surface area contributed by atoms with Crippen molar-refractivity contribution in [3.05, 3.63) is 68.9 Å². The first-order valence-corrected chi connectivity index (χ1v) is 6.68. The lowest BCUT2D eigenvalue weighted by Crippen LogP contribution is -2.13. The first-order chi connectivity index (χ1) is 8.56. The minimum absolute atomic E-state index is 0.207. The van der Waals surface area contributed by atoms with Crippen LogP contribution in [0.5, 0.6) is 0 Å². The summed E-state index contributed by atoms with van der Waals surface area (Å²) < 4.78 is 14.1. The second kappa shape index (κ2) is 5.83. The van der Waals surface area contributed by atoms with Crippen LogP contribution in [0.1, 0.15) is 17.2 Å². The number of nitrogens with two attached hydrogens (primary N) is 1. The van der Waals surface area contributed by atoms with Crippen molar-refractivity contribution >= 4 is 27.5 Å². The van der Waals surface area contributed by atoms with E-state index in [9.17, 15) is 4.39 Å². The van der Waals surface area contributed by atoms with Gasteiger partial charge in [0.05, 0.1) is 0 Å². The molecule has 0 bridgehead atoms. The molecule has 0 aliphatic rings. The highest BCUT2D eigenvalue weighted by molar-refractivity contribution is 9.10. The van der Waals surface area contributed by atoms with Gasteiger partial charge in [-0.15, -0.1) is 0 Å². The minimum Gasteiger partial charge on any atom is -0.324 e. The number of hydrogen-bond donors (Lipinski definition) is 1. The molecule has 2 N–H and O–H groups in total. The quantitative estimate of drug-likeness (QED) is 0.883. The third kappa shape index (κ3) is 3.31. The molecule has 2 aromatic carbocycles. The lowest BCUT2D eigenvalue weighted by Gasteiger charge is -2.13. The molecule has 0 saturated heterocycles. The summed E-state index contributed by atoms with van der Waals surface area (Å²) in [5.41, 5.74) is 7.83. The second-order valence-corrected chi connectivity index (χ2v) is 5.42. The molecular weight excluding hydrogens is 317 g/mol. The van der Waals surface area contributed by atoms with E-state index in [0.29, 0.717) is 11.4 Å². The van der Waals surface area contributed by atoms with Crippen LogP contribution in [0.4, 0.5) is 4.39 Å². The van der Waals surface area contributed by atoms with Gasteiger partial charge >= 0.3 is 0 Å². The maximum absolute atomic E-state index is 13.2. The molecule has 0 spiro atoms. The largest absolute Gasteiger partial charge is 0.324 e. The fraction of sp³-hybridized carbons (Fsp3) is 0.143. The smallest absolute Gasteiger partial charge is 0.123 e. The third-order valence-electron chi connectivity index (χ3n) is 2.72. The van der Waals surface area contributed by atoms with Crippen LogP contribution in [0.3, 0.4) is 0 Å². The van der Waals surface area contributed by atoms with Gasteiger partial charge in [0, 0.05) is 15.5 Å². The Morgan fingerprint density at radius 3 is 2.72 bits per heavy atom. The number of rotatable bonds is 3. The Bertz CT molecular complexity index is 559. The van der Waals surface area contributed by atoms with Gasteiger partial charge in [0.25, 0.3) is 0 Å². The summed E-state index contributed by atoms with van der Waals surface area (Å²) in [4.78, 5) is 0. The first-order valence-electron chi connectivity index (χ1n) is 5.51. The van der Waals surface area contributed by atoms with Crippen LogP contribution in [0.2, 0.25) is 5.02 Å². The van der Waals surface area contributed by atoms with Crippen LogP contribution in [0.15, 0.2) is 46.9 Å². The molecule has 18 heavy (non-hydrogen) atoms. The molecule has 0 aliphatic carbocycles. The zero-order chi connectivity index (χ0) is 13.1. The summed E-state index contributed by atoms with van der Waals surface area (Å²) in [5.74, 6) is -0.296. The van der Waals surface area contributed by atoms with Gasteiger partial charge in [0.1, 0.15) is 5.82 Å². The standard InChI is InChI=1S/C14H12BrClFN/c15-11-3-1-2-9(6-11)14(18)8-10-7-12(17)4-5-13(10)16/h1-7,14H,8,18H2. The molecular formula is C14H12BrClFN. The maximum atomic E-state index is 13.2. The predicted molar refractivity (Wildman–Crippen MR) is 76.2 cm³/mol. The molecule has 4 heteroatoms. The summed E-state index contributed by atoms with van der Waals surface area (Å²) in [6.45, 7) is 0. The summed E-state index contributed by atoms with van der Waals surface area (Å²) in [5, 5.41) is 0.543. The van der Waals surface area contributed by atoms with E-state index in [4.69, 9.17) is 17.3 Å². The average Bonchev–Trinajstić information content (AvgIpc) is 2.34. The molecule has 1 unspecified atom stereocenters. The van der Waals surface area contributed by atoms with Crippen LogP contribution in [0, 0.1) is 5.82 Å². The summed E-state index contributed by atoms with van der Waals surface area (Å²) in [6.07, 6.45) is 0.507. The lowest BCUT2D eigenvalue weighted by molar-refractivity contribution is 0.622. The van der Waals surface area contributed by atoms with Gasteiger partial charge in [-0.05, 0) is 47.9 Å². The van der Waals surface area contributed by atoms with Crippen molar-refractivity contribution < 1.29 is 4.39 Å². The van der Waals surface area contributed by atoms with Gasteiger partial charge in [0.15, 0.2) is 0 Å². The SMILES string of the molecule is NC(Cc1cc(F)ccc1Cl)c1cccc(Br)c1. The number of hydrogen-bond acceptors (Lipinski definition) is 1. The summed E-state index contributed by atoms with van der Waals surface area (Å²) in [6, 6.07) is 11.9. The molecule has 0 fully saturated rings. The van der Waals surface area contributed by atoms with E-state index in [-0.39, 0.29) is 11.9 Å². The molecule has 0 saturated carbocycles. The van der Waals surface area contributed by atoms with Crippen molar-refractivity contribution in [1.29, 1.82) is 0 Å². The molecule has 0 heterocycles. The van der Waals surface area contributed by atoms with E-state index in [1.54, 1.807) is 6.07 Å². The van der Waals surface area contributed by atoms with E-state index < -0.39 is 0 Å². The summed E-state index contributed by atoms with van der Waals surface area (Å²) >= 11 is 9.43. The van der Waals surface area contributed by atoms with E-state index >= 15 is 0 Å². The van der Waals surface area contributed by atoms with Gasteiger partial charge in [-0.3, -0.25) is 0 Å². The lowest BCUT2D eigenvalue weighted by atomic mass is 10.00. The van der Waals surface area contributed by atoms with Crippen LogP contribution in [-0.4, -0.2) is 0 Å². The van der Waals surface area contributed by atoms with Crippen molar-refractivity contribution in [1.82, 2.24) is 0 Å². The average molecular weight is 329 g/mol. The van der Waals surface area contributed by atoms with Crippen molar-refractivity contribution in [3.63, 3.8) is 0 Å². The highest BCUT2D eigenvalue weighted by Crippen LogP contribution is 2.24. The van der Waals surface area contributed by atoms with Crippen molar-refractivity contribution in [3.8, 4) is 0 Å². The fourth-order valence-electron chi connectivity index (χ4n) is 1.79. The molecule has 2 aromatic rings. The van der Waals surface area contributed by atoms with Crippen molar-refractivity contribution in [2.45, 2.75) is 12.5 Å². The zero-order valence-electron chi connectivity index (χ0n) is 9.54. The van der Waals surface area contributed by atoms with Gasteiger partial charge in [-0.2, -0.15) is 0 Å². The third-order valence-corrected chi connectivity index (χ3v) is 3.59. The number of benzene rings is 2. The Kier molecular flexibility index (Phi) is 4.38. The Morgan fingerprint density at radius 1 is 1.22 bits per heavy atom. The van der Waals surface area contributed by atoms with E-state index in [1.807, 2.05) is 24.3 Å². The predicted octanol–water partition coefficient (Wildman–Crippen LogP) is 4.48. The monoisotopic (exact) mass is 327 g/mol. The van der Waals surface area contributed by atoms with Crippen LogP contribution < -0.4 is 5.73 Å². The Morgan fingerprint density at radius 2 is 2.00 bits per heavy atom. The molecule has 1 atom stereocenters. The number of halogens is 3. The topological polar surface area (TPSA) is 26.0 Å². The highest BCUT2D eigenvalue weighted by Gasteiger charge is 2.10. The van der Waals surface area contributed by atoms with E-state index in [1.165, 1.54) is 12.1 Å².